The summed E-state index contributed by atoms with van der Waals surface area (Å²) in [6.45, 7) is 3.99. The van der Waals surface area contributed by atoms with E-state index >= 15 is 0 Å². The second-order valence-corrected chi connectivity index (χ2v) is 9.71. The molecule has 7 heteroatoms. The first kappa shape index (κ1) is 24.8. The molecule has 1 heterocycles. The van der Waals surface area contributed by atoms with Crippen molar-refractivity contribution in [2.75, 3.05) is 12.4 Å². The zero-order valence-electron chi connectivity index (χ0n) is 19.1. The van der Waals surface area contributed by atoms with Crippen LogP contribution in [0.2, 0.25) is 0 Å². The Labute approximate surface area is 199 Å². The Kier molecular flexibility index (Phi) is 8.55. The first-order chi connectivity index (χ1) is 15.8. The van der Waals surface area contributed by atoms with E-state index in [1.54, 1.807) is 18.7 Å². The molecule has 0 aromatic heterocycles. The third kappa shape index (κ3) is 6.60. The molecular formula is C26H31NO5S. The van der Waals surface area contributed by atoms with Gasteiger partial charge in [-0.3, -0.25) is 14.4 Å². The van der Waals surface area contributed by atoms with Crippen LogP contribution >= 0.6 is 11.8 Å². The number of esters is 1. The summed E-state index contributed by atoms with van der Waals surface area (Å²) >= 11 is 1.63. The molecule has 2 aromatic carbocycles. The Morgan fingerprint density at radius 3 is 2.33 bits per heavy atom. The summed E-state index contributed by atoms with van der Waals surface area (Å²) in [6.07, 6.45) is 1.05. The van der Waals surface area contributed by atoms with E-state index in [9.17, 15) is 14.4 Å². The predicted molar refractivity (Wildman–Crippen MR) is 130 cm³/mol. The summed E-state index contributed by atoms with van der Waals surface area (Å²) < 4.78 is 5.22. The number of rotatable bonds is 11. The van der Waals surface area contributed by atoms with Crippen LogP contribution in [0.3, 0.4) is 0 Å². The zero-order chi connectivity index (χ0) is 23.8. The van der Waals surface area contributed by atoms with E-state index in [4.69, 9.17) is 9.84 Å². The Hall–Kier alpha value is -2.80. The quantitative estimate of drug-likeness (QED) is 0.470. The van der Waals surface area contributed by atoms with Crippen LogP contribution < -0.4 is 5.32 Å². The van der Waals surface area contributed by atoms with Crippen molar-refractivity contribution in [1.82, 2.24) is 5.32 Å². The number of carboxylic acids is 1. The lowest BCUT2D eigenvalue weighted by Gasteiger charge is -2.50. The van der Waals surface area contributed by atoms with Crippen molar-refractivity contribution in [3.63, 3.8) is 0 Å². The third-order valence-electron chi connectivity index (χ3n) is 5.97. The van der Waals surface area contributed by atoms with Crippen molar-refractivity contribution in [3.8, 4) is 11.1 Å². The molecule has 1 fully saturated rings. The van der Waals surface area contributed by atoms with Crippen LogP contribution in [0.15, 0.2) is 54.6 Å². The van der Waals surface area contributed by atoms with Crippen molar-refractivity contribution in [2.24, 2.45) is 11.3 Å². The fourth-order valence-electron chi connectivity index (χ4n) is 4.25. The summed E-state index contributed by atoms with van der Waals surface area (Å²) in [4.78, 5) is 35.5. The van der Waals surface area contributed by atoms with Crippen molar-refractivity contribution < 1.29 is 24.2 Å². The van der Waals surface area contributed by atoms with Gasteiger partial charge < -0.3 is 15.2 Å². The molecule has 0 radical (unpaired) electrons. The van der Waals surface area contributed by atoms with Gasteiger partial charge in [0.25, 0.3) is 0 Å². The van der Waals surface area contributed by atoms with Crippen molar-refractivity contribution in [1.29, 1.82) is 0 Å². The van der Waals surface area contributed by atoms with Gasteiger partial charge in [0.1, 0.15) is 0 Å². The molecule has 2 unspecified atom stereocenters. The fraction of sp³-hybridized carbons (Fsp3) is 0.423. The van der Waals surface area contributed by atoms with Crippen LogP contribution in [-0.2, 0) is 25.5 Å². The van der Waals surface area contributed by atoms with Crippen LogP contribution in [0.25, 0.3) is 11.1 Å². The molecule has 33 heavy (non-hydrogen) atoms. The van der Waals surface area contributed by atoms with Gasteiger partial charge in [0.2, 0.25) is 5.91 Å². The van der Waals surface area contributed by atoms with Gasteiger partial charge >= 0.3 is 11.9 Å². The lowest BCUT2D eigenvalue weighted by molar-refractivity contribution is -0.148. The molecule has 0 spiro atoms. The number of thioether (sulfide) groups is 1. The number of nitrogens with one attached hydrogen (secondary N) is 1. The van der Waals surface area contributed by atoms with Crippen molar-refractivity contribution >= 4 is 29.6 Å². The van der Waals surface area contributed by atoms with E-state index in [2.05, 4.69) is 41.7 Å². The van der Waals surface area contributed by atoms with Gasteiger partial charge in [-0.25, -0.2) is 0 Å². The van der Waals surface area contributed by atoms with Crippen LogP contribution in [0.1, 0.15) is 38.7 Å². The maximum Gasteiger partial charge on any atom is 0.308 e. The summed E-state index contributed by atoms with van der Waals surface area (Å²) in [5.74, 6) is -0.993. The number of carbonyl (C=O) groups is 3. The molecule has 1 aliphatic heterocycles. The van der Waals surface area contributed by atoms with Crippen molar-refractivity contribution in [2.45, 2.75) is 44.9 Å². The lowest BCUT2D eigenvalue weighted by atomic mass is 9.75. The van der Waals surface area contributed by atoms with E-state index in [-0.39, 0.29) is 41.4 Å². The SMILES string of the molecule is CCOC(=O)[C@H](C)CC1(Cc2ccc(-c3ccccc3)cc2)CSC1NC(=O)CCC(=O)O. The second-order valence-electron chi connectivity index (χ2n) is 8.61. The fourth-order valence-corrected chi connectivity index (χ4v) is 5.67. The lowest BCUT2D eigenvalue weighted by Crippen LogP contribution is -2.56. The van der Waals surface area contributed by atoms with Crippen LogP contribution in [0.5, 0.6) is 0 Å². The number of amides is 1. The minimum Gasteiger partial charge on any atom is -0.481 e. The largest absolute Gasteiger partial charge is 0.481 e. The number of benzene rings is 2. The highest BCUT2D eigenvalue weighted by Gasteiger charge is 2.49. The minimum atomic E-state index is -0.993. The first-order valence-electron chi connectivity index (χ1n) is 11.3. The van der Waals surface area contributed by atoms with Gasteiger partial charge in [0, 0.05) is 17.6 Å². The summed E-state index contributed by atoms with van der Waals surface area (Å²) in [5, 5.41) is 11.7. The number of aliphatic carboxylic acids is 1. The molecule has 176 valence electrons. The average molecular weight is 470 g/mol. The summed E-state index contributed by atoms with van der Waals surface area (Å²) in [6, 6.07) is 18.6. The highest BCUT2D eigenvalue weighted by molar-refractivity contribution is 8.01. The van der Waals surface area contributed by atoms with E-state index in [0.29, 0.717) is 19.4 Å². The standard InChI is InChI=1S/C26H31NO5S/c1-3-32-24(31)18(2)15-26(17-33-25(26)27-22(28)13-14-23(29)30)16-19-9-11-21(12-10-19)20-7-5-4-6-8-20/h4-12,18,25H,3,13-17H2,1-2H3,(H,27,28)(H,29,30)/t18-,25?,26?/m1/s1. The molecule has 3 atom stereocenters. The number of carboxylic acid groups (broad SMARTS) is 1. The first-order valence-corrected chi connectivity index (χ1v) is 12.3. The highest BCUT2D eigenvalue weighted by Crippen LogP contribution is 2.51. The molecular weight excluding hydrogens is 438 g/mol. The molecule has 0 saturated carbocycles. The predicted octanol–water partition coefficient (Wildman–Crippen LogP) is 4.53. The summed E-state index contributed by atoms with van der Waals surface area (Å²) in [5.41, 5.74) is 3.12. The Morgan fingerprint density at radius 1 is 1.09 bits per heavy atom. The Morgan fingerprint density at radius 2 is 1.76 bits per heavy atom. The molecule has 1 aliphatic rings. The minimum absolute atomic E-state index is 0.0539. The molecule has 6 nitrogen and oxygen atoms in total. The van der Waals surface area contributed by atoms with E-state index in [1.807, 2.05) is 25.1 Å². The Balaban J connectivity index is 1.76. The molecule has 2 aromatic rings. The number of carbonyl (C=O) groups excluding carboxylic acids is 2. The smallest absolute Gasteiger partial charge is 0.308 e. The van der Waals surface area contributed by atoms with Crippen LogP contribution in [0, 0.1) is 11.3 Å². The second kappa shape index (κ2) is 11.4. The number of hydrogen-bond acceptors (Lipinski definition) is 5. The topological polar surface area (TPSA) is 92.7 Å². The van der Waals surface area contributed by atoms with Crippen LogP contribution in [0.4, 0.5) is 0 Å². The molecule has 0 bridgehead atoms. The van der Waals surface area contributed by atoms with E-state index in [1.165, 1.54) is 0 Å². The monoisotopic (exact) mass is 469 g/mol. The van der Waals surface area contributed by atoms with Gasteiger partial charge in [-0.1, -0.05) is 61.5 Å². The maximum absolute atomic E-state index is 12.3. The van der Waals surface area contributed by atoms with Crippen molar-refractivity contribution in [3.05, 3.63) is 60.2 Å². The molecule has 3 rings (SSSR count). The molecule has 2 N–H and O–H groups in total. The van der Waals surface area contributed by atoms with Crippen LogP contribution in [-0.4, -0.2) is 40.7 Å². The summed E-state index contributed by atoms with van der Waals surface area (Å²) in [7, 11) is 0. The maximum atomic E-state index is 12.3. The molecule has 1 amide bonds. The van der Waals surface area contributed by atoms with Gasteiger partial charge in [-0.2, -0.15) is 0 Å². The average Bonchev–Trinajstić information content (AvgIpc) is 2.81. The van der Waals surface area contributed by atoms with Gasteiger partial charge in [0.15, 0.2) is 0 Å². The molecule has 1 saturated heterocycles. The van der Waals surface area contributed by atoms with Gasteiger partial charge in [-0.05, 0) is 36.5 Å². The zero-order valence-corrected chi connectivity index (χ0v) is 19.9. The van der Waals surface area contributed by atoms with Gasteiger partial charge in [0.05, 0.1) is 24.3 Å². The molecule has 0 aliphatic carbocycles. The third-order valence-corrected chi connectivity index (χ3v) is 7.66. The highest BCUT2D eigenvalue weighted by atomic mass is 32.2. The normalized spacial score (nSPS) is 20.4. The van der Waals surface area contributed by atoms with E-state index in [0.717, 1.165) is 22.4 Å². The van der Waals surface area contributed by atoms with E-state index < -0.39 is 5.97 Å². The van der Waals surface area contributed by atoms with Gasteiger partial charge in [-0.15, -0.1) is 11.8 Å². The number of ether oxygens (including phenoxy) is 1. The number of hydrogen-bond donors (Lipinski definition) is 2. The Bertz CT molecular complexity index is 962.